The van der Waals surface area contributed by atoms with Gasteiger partial charge in [0.1, 0.15) is 30.3 Å². The quantitative estimate of drug-likeness (QED) is 0.184. The number of rotatable bonds is 7. The van der Waals surface area contributed by atoms with Crippen LogP contribution in [0, 0.1) is 20.8 Å². The second-order valence-electron chi connectivity index (χ2n) is 11.6. The van der Waals surface area contributed by atoms with Gasteiger partial charge in [0.25, 0.3) is 10.1 Å². The van der Waals surface area contributed by atoms with Crippen LogP contribution in [0.5, 0.6) is 11.5 Å². The number of ether oxygens (including phenoxy) is 5. The normalized spacial score (nSPS) is 18.9. The summed E-state index contributed by atoms with van der Waals surface area (Å²) < 4.78 is 58.7. The molecule has 0 bridgehead atoms. The minimum Gasteiger partial charge on any atom is -0.508 e. The van der Waals surface area contributed by atoms with Gasteiger partial charge >= 0.3 is 0 Å². The molecule has 270 valence electrons. The number of hydrogen-bond donors (Lipinski definition) is 1. The molecule has 0 radical (unpaired) electrons. The molecule has 2 fully saturated rings. The topological polar surface area (TPSA) is 110 Å². The van der Waals surface area contributed by atoms with Gasteiger partial charge in [-0.2, -0.15) is 8.42 Å². The van der Waals surface area contributed by atoms with Gasteiger partial charge in [-0.05, 0) is 108 Å². The first kappa shape index (κ1) is 44.3. The Morgan fingerprint density at radius 2 is 1.27 bits per heavy atom. The molecule has 9 nitrogen and oxygen atoms in total. The van der Waals surface area contributed by atoms with Crippen LogP contribution in [0.3, 0.4) is 0 Å². The number of halogens is 3. The maximum Gasteiger partial charge on any atom is 0.297 e. The lowest BCUT2D eigenvalue weighted by molar-refractivity contribution is -0.141. The van der Waals surface area contributed by atoms with Crippen LogP contribution in [0.4, 0.5) is 0 Å². The summed E-state index contributed by atoms with van der Waals surface area (Å²) in [6.45, 7) is 14.6. The Hall–Kier alpha value is -1.74. The first-order valence-electron chi connectivity index (χ1n) is 14.8. The van der Waals surface area contributed by atoms with Crippen molar-refractivity contribution in [3.05, 3.63) is 86.3 Å². The minimum atomic E-state index is -3.74. The van der Waals surface area contributed by atoms with E-state index in [-0.39, 0.29) is 31.1 Å². The van der Waals surface area contributed by atoms with E-state index in [1.165, 1.54) is 18.5 Å². The standard InChI is InChI=1S/C13H17BrO3.C13H18O5S.C7H7BrO.CH3Cl.CH4/c1-9-6-10(4-5-12(9)14)15-7-11-8-16-13(2,3)17-11;1-10-4-6-12(7-5-10)19(14,15)17-9-11-8-16-13(2,3)18-11;1-5-4-6(9)2-3-7(5)8;1-2;/h4-6,11H,7-8H2,1-3H3;4-7,11H,8-9H2,1-3H3;2-4,9H,1H3;1H3;1H4. The Morgan fingerprint density at radius 1 is 0.792 bits per heavy atom. The fraction of sp³-hybridized carbons (Fsp3) is 0.486. The molecule has 2 heterocycles. The average molecular weight is 841 g/mol. The van der Waals surface area contributed by atoms with Crippen molar-refractivity contribution in [1.82, 2.24) is 0 Å². The molecule has 1 N–H and O–H groups in total. The number of phenols is 1. The van der Waals surface area contributed by atoms with Crippen molar-refractivity contribution in [3.8, 4) is 11.5 Å². The van der Waals surface area contributed by atoms with Gasteiger partial charge in [-0.1, -0.05) is 57.0 Å². The van der Waals surface area contributed by atoms with Gasteiger partial charge in [0.2, 0.25) is 0 Å². The van der Waals surface area contributed by atoms with Crippen LogP contribution in [0.15, 0.2) is 74.5 Å². The predicted octanol–water partition coefficient (Wildman–Crippen LogP) is 9.09. The Balaban J connectivity index is 0.000000365. The molecule has 0 aliphatic carbocycles. The molecule has 2 atom stereocenters. The van der Waals surface area contributed by atoms with Gasteiger partial charge < -0.3 is 28.8 Å². The highest BCUT2D eigenvalue weighted by Crippen LogP contribution is 2.26. The summed E-state index contributed by atoms with van der Waals surface area (Å²) in [6, 6.07) is 17.6. The van der Waals surface area contributed by atoms with E-state index >= 15 is 0 Å². The molecule has 13 heteroatoms. The summed E-state index contributed by atoms with van der Waals surface area (Å²) in [5.41, 5.74) is 3.20. The van der Waals surface area contributed by atoms with Crippen LogP contribution in [0.2, 0.25) is 0 Å². The predicted molar refractivity (Wildman–Crippen MR) is 198 cm³/mol. The van der Waals surface area contributed by atoms with Gasteiger partial charge in [0, 0.05) is 15.3 Å². The number of aromatic hydroxyl groups is 1. The summed E-state index contributed by atoms with van der Waals surface area (Å²) in [4.78, 5) is 0.149. The third-order valence-electron chi connectivity index (χ3n) is 6.56. The Morgan fingerprint density at radius 3 is 1.71 bits per heavy atom. The van der Waals surface area contributed by atoms with Gasteiger partial charge in [-0.3, -0.25) is 4.18 Å². The smallest absolute Gasteiger partial charge is 0.297 e. The SMILES string of the molecule is C.CCl.Cc1cc(O)ccc1Br.Cc1cc(OCC2COC(C)(C)O2)ccc1Br.Cc1ccc(S(=O)(=O)OCC2COC(C)(C)O2)cc1. The van der Waals surface area contributed by atoms with Crippen LogP contribution in [-0.2, 0) is 33.2 Å². The first-order valence-corrected chi connectivity index (χ1v) is 18.5. The molecular weight excluding hydrogens is 792 g/mol. The van der Waals surface area contributed by atoms with Crippen LogP contribution in [0.1, 0.15) is 51.8 Å². The van der Waals surface area contributed by atoms with Crippen LogP contribution in [-0.4, -0.2) is 70.1 Å². The van der Waals surface area contributed by atoms with Gasteiger partial charge in [-0.15, -0.1) is 11.6 Å². The zero-order chi connectivity index (χ0) is 35.4. The zero-order valence-electron chi connectivity index (χ0n) is 28.0. The fourth-order valence-electron chi connectivity index (χ4n) is 4.15. The molecule has 3 aromatic rings. The summed E-state index contributed by atoms with van der Waals surface area (Å²) >= 11 is 11.4. The van der Waals surface area contributed by atoms with Crippen molar-refractivity contribution < 1.29 is 41.4 Å². The van der Waals surface area contributed by atoms with Crippen molar-refractivity contribution in [3.63, 3.8) is 0 Å². The van der Waals surface area contributed by atoms with Crippen LogP contribution < -0.4 is 4.74 Å². The van der Waals surface area contributed by atoms with Crippen molar-refractivity contribution in [2.45, 2.75) is 84.6 Å². The second-order valence-corrected chi connectivity index (χ2v) is 14.9. The second kappa shape index (κ2) is 20.2. The summed E-state index contributed by atoms with van der Waals surface area (Å²) in [5, 5.41) is 8.92. The third-order valence-corrected chi connectivity index (χ3v) is 9.64. The molecule has 0 spiro atoms. The molecule has 2 aliphatic heterocycles. The van der Waals surface area contributed by atoms with Gasteiger partial charge in [0.15, 0.2) is 11.6 Å². The van der Waals surface area contributed by atoms with Gasteiger partial charge in [0.05, 0.1) is 24.7 Å². The van der Waals surface area contributed by atoms with E-state index in [9.17, 15) is 8.42 Å². The number of hydrogen-bond acceptors (Lipinski definition) is 9. The lowest BCUT2D eigenvalue weighted by Gasteiger charge is -2.17. The third kappa shape index (κ3) is 15.4. The van der Waals surface area contributed by atoms with E-state index in [0.717, 1.165) is 31.4 Å². The minimum absolute atomic E-state index is 0. The lowest BCUT2D eigenvalue weighted by atomic mass is 10.2. The van der Waals surface area contributed by atoms with E-state index in [2.05, 4.69) is 43.5 Å². The summed E-state index contributed by atoms with van der Waals surface area (Å²) in [5.74, 6) is 0.0143. The Bertz CT molecular complexity index is 1520. The highest BCUT2D eigenvalue weighted by atomic mass is 79.9. The molecule has 0 saturated carbocycles. The molecular formula is C35H49Br2ClO9S. The van der Waals surface area contributed by atoms with Crippen LogP contribution >= 0.6 is 43.5 Å². The summed E-state index contributed by atoms with van der Waals surface area (Å²) in [6.07, 6.45) is 1.11. The van der Waals surface area contributed by atoms with E-state index < -0.39 is 21.7 Å². The van der Waals surface area contributed by atoms with Crippen LogP contribution in [0.25, 0.3) is 0 Å². The number of aryl methyl sites for hydroxylation is 3. The van der Waals surface area contributed by atoms with E-state index in [4.69, 9.17) is 33.0 Å². The molecule has 2 aliphatic rings. The van der Waals surface area contributed by atoms with Crippen molar-refractivity contribution in [2.24, 2.45) is 0 Å². The maximum atomic E-state index is 11.9. The summed E-state index contributed by atoms with van der Waals surface area (Å²) in [7, 11) is -3.74. The maximum absolute atomic E-state index is 11.9. The highest BCUT2D eigenvalue weighted by Gasteiger charge is 2.34. The first-order chi connectivity index (χ1) is 21.9. The Kier molecular flexibility index (Phi) is 18.6. The van der Waals surface area contributed by atoms with Crippen molar-refractivity contribution in [1.29, 1.82) is 0 Å². The molecule has 5 rings (SSSR count). The van der Waals surface area contributed by atoms with E-state index in [1.54, 1.807) is 38.1 Å². The average Bonchev–Trinajstić information content (AvgIpc) is 3.56. The molecule has 0 amide bonds. The Labute approximate surface area is 308 Å². The van der Waals surface area contributed by atoms with Gasteiger partial charge in [-0.25, -0.2) is 0 Å². The largest absolute Gasteiger partial charge is 0.508 e. The highest BCUT2D eigenvalue weighted by molar-refractivity contribution is 9.10. The molecule has 48 heavy (non-hydrogen) atoms. The number of phenolic OH excluding ortho intramolecular Hbond substituents is 1. The number of alkyl halides is 1. The van der Waals surface area contributed by atoms with E-state index in [1.807, 2.05) is 58.9 Å². The van der Waals surface area contributed by atoms with E-state index in [0.29, 0.717) is 25.6 Å². The zero-order valence-corrected chi connectivity index (χ0v) is 32.8. The molecule has 2 unspecified atom stereocenters. The van der Waals surface area contributed by atoms with Crippen molar-refractivity contribution >= 4 is 53.6 Å². The van der Waals surface area contributed by atoms with Crippen molar-refractivity contribution in [2.75, 3.05) is 32.8 Å². The molecule has 0 aromatic heterocycles. The lowest BCUT2D eigenvalue weighted by Crippen LogP contribution is -2.25. The fourth-order valence-corrected chi connectivity index (χ4v) is 5.58. The monoisotopic (exact) mass is 838 g/mol. The molecule has 2 saturated heterocycles. The molecule has 3 aromatic carbocycles. The number of benzene rings is 3.